The van der Waals surface area contributed by atoms with Gasteiger partial charge in [0, 0.05) is 25.8 Å². The van der Waals surface area contributed by atoms with Crippen LogP contribution in [0.3, 0.4) is 0 Å². The Bertz CT molecular complexity index is 464. The van der Waals surface area contributed by atoms with Gasteiger partial charge in [0.25, 0.3) is 0 Å². The SMILES string of the molecule is CC1C=C(N=Nc2ccc(N(C)C)cc2)SN1C. The fourth-order valence-corrected chi connectivity index (χ4v) is 2.41. The molecule has 5 heteroatoms. The van der Waals surface area contributed by atoms with Crippen LogP contribution in [0.5, 0.6) is 0 Å². The second-order valence-electron chi connectivity index (χ2n) is 4.49. The van der Waals surface area contributed by atoms with E-state index in [1.165, 1.54) is 0 Å². The first kappa shape index (κ1) is 13.1. The molecule has 0 amide bonds. The van der Waals surface area contributed by atoms with Gasteiger partial charge in [-0.1, -0.05) is 0 Å². The number of rotatable bonds is 3. The fourth-order valence-electron chi connectivity index (χ4n) is 1.55. The van der Waals surface area contributed by atoms with Crippen molar-refractivity contribution in [2.45, 2.75) is 13.0 Å². The zero-order chi connectivity index (χ0) is 13.1. The minimum absolute atomic E-state index is 0.417. The summed E-state index contributed by atoms with van der Waals surface area (Å²) < 4.78 is 2.16. The molecule has 0 fully saturated rings. The molecule has 2 rings (SSSR count). The summed E-state index contributed by atoms with van der Waals surface area (Å²) in [6.07, 6.45) is 2.11. The molecule has 0 saturated carbocycles. The van der Waals surface area contributed by atoms with Crippen LogP contribution < -0.4 is 4.90 Å². The molecule has 1 aliphatic heterocycles. The van der Waals surface area contributed by atoms with Crippen molar-refractivity contribution in [3.05, 3.63) is 35.4 Å². The Hall–Kier alpha value is -1.33. The van der Waals surface area contributed by atoms with Gasteiger partial charge in [-0.3, -0.25) is 0 Å². The highest BCUT2D eigenvalue weighted by Crippen LogP contribution is 2.32. The standard InChI is InChI=1S/C13H18N4S/c1-10-9-13(18-17(10)4)15-14-11-5-7-12(8-6-11)16(2)3/h5-10H,1-4H3. The van der Waals surface area contributed by atoms with Crippen LogP contribution in [-0.2, 0) is 0 Å². The molecular weight excluding hydrogens is 244 g/mol. The zero-order valence-electron chi connectivity index (χ0n) is 11.2. The maximum absolute atomic E-state index is 4.26. The third kappa shape index (κ3) is 3.11. The van der Waals surface area contributed by atoms with E-state index in [-0.39, 0.29) is 0 Å². The average Bonchev–Trinajstić information content (AvgIpc) is 2.67. The van der Waals surface area contributed by atoms with Crippen LogP contribution in [0, 0.1) is 0 Å². The maximum Gasteiger partial charge on any atom is 0.131 e. The Labute approximate surface area is 113 Å². The quantitative estimate of drug-likeness (QED) is 0.615. The Balaban J connectivity index is 2.04. The van der Waals surface area contributed by atoms with E-state index in [9.17, 15) is 0 Å². The highest BCUT2D eigenvalue weighted by atomic mass is 32.2. The summed E-state index contributed by atoms with van der Waals surface area (Å²) >= 11 is 1.63. The second kappa shape index (κ2) is 5.54. The largest absolute Gasteiger partial charge is 0.378 e. The van der Waals surface area contributed by atoms with E-state index >= 15 is 0 Å². The van der Waals surface area contributed by atoms with Crippen LogP contribution in [0.1, 0.15) is 6.92 Å². The predicted molar refractivity (Wildman–Crippen MR) is 78.2 cm³/mol. The molecule has 0 bridgehead atoms. The van der Waals surface area contributed by atoms with Gasteiger partial charge in [0.05, 0.1) is 5.69 Å². The van der Waals surface area contributed by atoms with Gasteiger partial charge in [-0.05, 0) is 56.3 Å². The van der Waals surface area contributed by atoms with Crippen molar-refractivity contribution in [3.63, 3.8) is 0 Å². The van der Waals surface area contributed by atoms with Gasteiger partial charge in [-0.2, -0.15) is 5.11 Å². The number of hydrogen-bond donors (Lipinski definition) is 0. The van der Waals surface area contributed by atoms with Crippen LogP contribution in [0.15, 0.2) is 45.6 Å². The molecule has 18 heavy (non-hydrogen) atoms. The molecule has 96 valence electrons. The van der Waals surface area contributed by atoms with Crippen LogP contribution in [-0.4, -0.2) is 31.5 Å². The third-order valence-electron chi connectivity index (χ3n) is 2.82. The summed E-state index contributed by atoms with van der Waals surface area (Å²) in [6.45, 7) is 2.14. The number of anilines is 1. The number of likely N-dealkylation sites (N-methyl/N-ethyl adjacent to an activating group) is 1. The normalized spacial score (nSPS) is 20.4. The molecule has 1 heterocycles. The number of azo groups is 1. The second-order valence-corrected chi connectivity index (χ2v) is 5.67. The van der Waals surface area contributed by atoms with Gasteiger partial charge in [0.2, 0.25) is 0 Å². The smallest absolute Gasteiger partial charge is 0.131 e. The Morgan fingerprint density at radius 2 is 1.83 bits per heavy atom. The van der Waals surface area contributed by atoms with E-state index in [0.29, 0.717) is 6.04 Å². The molecule has 0 aliphatic carbocycles. The highest BCUT2D eigenvalue weighted by molar-refractivity contribution is 8.01. The number of benzene rings is 1. The summed E-state index contributed by atoms with van der Waals surface area (Å²) in [5, 5.41) is 9.47. The first-order chi connectivity index (χ1) is 8.56. The Morgan fingerprint density at radius 3 is 2.33 bits per heavy atom. The van der Waals surface area contributed by atoms with Crippen molar-refractivity contribution in [2.24, 2.45) is 10.2 Å². The van der Waals surface area contributed by atoms with E-state index in [1.54, 1.807) is 11.9 Å². The molecule has 4 nitrogen and oxygen atoms in total. The van der Waals surface area contributed by atoms with Gasteiger partial charge in [-0.25, -0.2) is 4.31 Å². The third-order valence-corrected chi connectivity index (χ3v) is 3.85. The lowest BCUT2D eigenvalue weighted by molar-refractivity contribution is 0.521. The van der Waals surface area contributed by atoms with Crippen molar-refractivity contribution in [1.29, 1.82) is 0 Å². The van der Waals surface area contributed by atoms with Crippen molar-refractivity contribution in [1.82, 2.24) is 4.31 Å². The molecule has 0 radical (unpaired) electrons. The highest BCUT2D eigenvalue weighted by Gasteiger charge is 2.17. The first-order valence-corrected chi connectivity index (χ1v) is 6.65. The lowest BCUT2D eigenvalue weighted by Gasteiger charge is -2.11. The topological polar surface area (TPSA) is 31.2 Å². The minimum atomic E-state index is 0.417. The fraction of sp³-hybridized carbons (Fsp3) is 0.385. The summed E-state index contributed by atoms with van der Waals surface area (Å²) in [5.74, 6) is 0. The summed E-state index contributed by atoms with van der Waals surface area (Å²) in [5.41, 5.74) is 2.04. The van der Waals surface area contributed by atoms with Crippen LogP contribution in [0.4, 0.5) is 11.4 Å². The number of hydrogen-bond acceptors (Lipinski definition) is 5. The molecule has 0 N–H and O–H groups in total. The van der Waals surface area contributed by atoms with Crippen molar-refractivity contribution in [2.75, 3.05) is 26.0 Å². The van der Waals surface area contributed by atoms with Gasteiger partial charge in [0.15, 0.2) is 0 Å². The van der Waals surface area contributed by atoms with Crippen molar-refractivity contribution in [3.8, 4) is 0 Å². The lowest BCUT2D eigenvalue weighted by Crippen LogP contribution is -2.14. The van der Waals surface area contributed by atoms with E-state index in [4.69, 9.17) is 0 Å². The lowest BCUT2D eigenvalue weighted by atomic mass is 10.3. The monoisotopic (exact) mass is 262 g/mol. The summed E-state index contributed by atoms with van der Waals surface area (Å²) in [7, 11) is 6.10. The first-order valence-electron chi connectivity index (χ1n) is 5.88. The molecular formula is C13H18N4S. The number of nitrogens with zero attached hydrogens (tertiary/aromatic N) is 4. The van der Waals surface area contributed by atoms with Gasteiger partial charge in [-0.15, -0.1) is 5.11 Å². The molecule has 0 aromatic heterocycles. The molecule has 1 aromatic carbocycles. The summed E-state index contributed by atoms with van der Waals surface area (Å²) in [4.78, 5) is 2.06. The van der Waals surface area contributed by atoms with Gasteiger partial charge >= 0.3 is 0 Å². The van der Waals surface area contributed by atoms with Crippen LogP contribution >= 0.6 is 11.9 Å². The zero-order valence-corrected chi connectivity index (χ0v) is 12.0. The van der Waals surface area contributed by atoms with Crippen LogP contribution in [0.2, 0.25) is 0 Å². The average molecular weight is 262 g/mol. The van der Waals surface area contributed by atoms with E-state index < -0.39 is 0 Å². The predicted octanol–water partition coefficient (Wildman–Crippen LogP) is 3.66. The van der Waals surface area contributed by atoms with Crippen LogP contribution in [0.25, 0.3) is 0 Å². The minimum Gasteiger partial charge on any atom is -0.378 e. The molecule has 1 aromatic rings. The van der Waals surface area contributed by atoms with Gasteiger partial charge in [0.1, 0.15) is 5.03 Å². The van der Waals surface area contributed by atoms with Crippen molar-refractivity contribution < 1.29 is 0 Å². The Kier molecular flexibility index (Phi) is 4.04. The maximum atomic E-state index is 4.26. The molecule has 1 aliphatic rings. The van der Waals surface area contributed by atoms with E-state index in [1.807, 2.05) is 38.4 Å². The Morgan fingerprint density at radius 1 is 1.17 bits per heavy atom. The van der Waals surface area contributed by atoms with Crippen molar-refractivity contribution >= 4 is 23.3 Å². The molecule has 0 spiro atoms. The van der Waals surface area contributed by atoms with E-state index in [0.717, 1.165) is 16.4 Å². The molecule has 0 saturated heterocycles. The summed E-state index contributed by atoms with van der Waals surface area (Å²) in [6, 6.07) is 8.46. The molecule has 1 atom stereocenters. The van der Waals surface area contributed by atoms with E-state index in [2.05, 4.69) is 39.5 Å². The van der Waals surface area contributed by atoms with Gasteiger partial charge < -0.3 is 4.90 Å². The molecule has 1 unspecified atom stereocenters.